The van der Waals surface area contributed by atoms with Gasteiger partial charge >= 0.3 is 0 Å². The van der Waals surface area contributed by atoms with Gasteiger partial charge in [0.2, 0.25) is 0 Å². The van der Waals surface area contributed by atoms with Crippen LogP contribution < -0.4 is 5.32 Å². The summed E-state index contributed by atoms with van der Waals surface area (Å²) < 4.78 is 6.08. The van der Waals surface area contributed by atoms with Gasteiger partial charge in [-0.2, -0.15) is 0 Å². The maximum absolute atomic E-state index is 6.08. The molecule has 0 spiro atoms. The molecule has 0 bridgehead atoms. The topological polar surface area (TPSA) is 24.5 Å². The molecule has 1 saturated heterocycles. The van der Waals surface area contributed by atoms with Crippen molar-refractivity contribution in [2.75, 3.05) is 32.8 Å². The highest BCUT2D eigenvalue weighted by Crippen LogP contribution is 2.20. The van der Waals surface area contributed by atoms with Gasteiger partial charge in [-0.1, -0.05) is 33.1 Å². The summed E-state index contributed by atoms with van der Waals surface area (Å²) in [7, 11) is 0. The highest BCUT2D eigenvalue weighted by Gasteiger charge is 2.19. The molecule has 1 saturated carbocycles. The predicted molar refractivity (Wildman–Crippen MR) is 85.1 cm³/mol. The maximum Gasteiger partial charge on any atom is 0.0597 e. The molecule has 0 amide bonds. The first kappa shape index (κ1) is 16.3. The Labute approximate surface area is 125 Å². The number of ether oxygens (including phenoxy) is 1. The molecule has 1 aliphatic carbocycles. The minimum Gasteiger partial charge on any atom is -0.377 e. The van der Waals surface area contributed by atoms with Crippen molar-refractivity contribution < 1.29 is 4.74 Å². The Morgan fingerprint density at radius 3 is 2.70 bits per heavy atom. The van der Waals surface area contributed by atoms with Crippen LogP contribution in [0.25, 0.3) is 0 Å². The summed E-state index contributed by atoms with van der Waals surface area (Å²) in [4.78, 5) is 2.61. The van der Waals surface area contributed by atoms with Crippen molar-refractivity contribution in [3.63, 3.8) is 0 Å². The highest BCUT2D eigenvalue weighted by molar-refractivity contribution is 4.77. The third kappa shape index (κ3) is 6.11. The number of rotatable bonds is 6. The fraction of sp³-hybridized carbons (Fsp3) is 1.00. The lowest BCUT2D eigenvalue weighted by molar-refractivity contribution is 0.0158. The lowest BCUT2D eigenvalue weighted by Crippen LogP contribution is -2.40. The molecule has 1 aliphatic heterocycles. The highest BCUT2D eigenvalue weighted by atomic mass is 16.5. The first-order chi connectivity index (χ1) is 9.74. The van der Waals surface area contributed by atoms with Crippen molar-refractivity contribution in [3.05, 3.63) is 0 Å². The molecule has 0 aromatic heterocycles. The Kier molecular flexibility index (Phi) is 7.32. The number of nitrogens with one attached hydrogen (secondary N) is 1. The van der Waals surface area contributed by atoms with Crippen LogP contribution in [-0.2, 0) is 4.74 Å². The molecule has 2 rings (SSSR count). The lowest BCUT2D eigenvalue weighted by Gasteiger charge is -2.27. The largest absolute Gasteiger partial charge is 0.377 e. The third-order valence-electron chi connectivity index (χ3n) is 4.63. The van der Waals surface area contributed by atoms with Gasteiger partial charge in [-0.3, -0.25) is 4.90 Å². The SMILES string of the molecule is CC(C)CC1CN(CCOC2CCCCC2)CCCN1. The van der Waals surface area contributed by atoms with E-state index in [0.29, 0.717) is 12.1 Å². The summed E-state index contributed by atoms with van der Waals surface area (Å²) >= 11 is 0. The Balaban J connectivity index is 1.65. The Morgan fingerprint density at radius 2 is 1.95 bits per heavy atom. The van der Waals surface area contributed by atoms with Crippen molar-refractivity contribution in [2.24, 2.45) is 5.92 Å². The molecule has 3 heteroatoms. The Morgan fingerprint density at radius 1 is 1.15 bits per heavy atom. The van der Waals surface area contributed by atoms with Gasteiger partial charge in [0.05, 0.1) is 12.7 Å². The van der Waals surface area contributed by atoms with Crippen molar-refractivity contribution in [1.29, 1.82) is 0 Å². The van der Waals surface area contributed by atoms with E-state index in [9.17, 15) is 0 Å². The minimum absolute atomic E-state index is 0.556. The van der Waals surface area contributed by atoms with Crippen LogP contribution in [0, 0.1) is 5.92 Å². The number of hydrogen-bond donors (Lipinski definition) is 1. The van der Waals surface area contributed by atoms with Crippen LogP contribution in [0.3, 0.4) is 0 Å². The van der Waals surface area contributed by atoms with Crippen LogP contribution in [0.15, 0.2) is 0 Å². The summed E-state index contributed by atoms with van der Waals surface area (Å²) in [6, 6.07) is 0.673. The zero-order chi connectivity index (χ0) is 14.2. The van der Waals surface area contributed by atoms with E-state index in [2.05, 4.69) is 24.1 Å². The van der Waals surface area contributed by atoms with Crippen molar-refractivity contribution >= 4 is 0 Å². The fourth-order valence-electron chi connectivity index (χ4n) is 3.59. The molecule has 0 radical (unpaired) electrons. The molecule has 0 aromatic carbocycles. The van der Waals surface area contributed by atoms with E-state index < -0.39 is 0 Å². The van der Waals surface area contributed by atoms with E-state index in [1.54, 1.807) is 0 Å². The molecule has 2 aliphatic rings. The average molecular weight is 282 g/mol. The van der Waals surface area contributed by atoms with Gasteiger partial charge in [-0.05, 0) is 44.7 Å². The van der Waals surface area contributed by atoms with Crippen molar-refractivity contribution in [2.45, 2.75) is 70.9 Å². The van der Waals surface area contributed by atoms with E-state index in [4.69, 9.17) is 4.74 Å². The summed E-state index contributed by atoms with van der Waals surface area (Å²) in [5.74, 6) is 0.783. The molecule has 0 aromatic rings. The third-order valence-corrected chi connectivity index (χ3v) is 4.63. The standard InChI is InChI=1S/C17H34N2O/c1-15(2)13-16-14-19(10-6-9-18-16)11-12-20-17-7-4-3-5-8-17/h15-18H,3-14H2,1-2H3. The van der Waals surface area contributed by atoms with Gasteiger partial charge in [0.1, 0.15) is 0 Å². The fourth-order valence-corrected chi connectivity index (χ4v) is 3.59. The Hall–Kier alpha value is -0.120. The first-order valence-electron chi connectivity index (χ1n) is 8.81. The number of nitrogens with zero attached hydrogens (tertiary/aromatic N) is 1. The summed E-state index contributed by atoms with van der Waals surface area (Å²) in [6.07, 6.45) is 9.85. The second-order valence-corrected chi connectivity index (χ2v) is 7.07. The molecule has 1 heterocycles. The van der Waals surface area contributed by atoms with Gasteiger partial charge in [0, 0.05) is 19.1 Å². The van der Waals surface area contributed by atoms with Gasteiger partial charge in [0.25, 0.3) is 0 Å². The van der Waals surface area contributed by atoms with Gasteiger partial charge in [-0.25, -0.2) is 0 Å². The molecule has 1 N–H and O–H groups in total. The van der Waals surface area contributed by atoms with Crippen molar-refractivity contribution in [1.82, 2.24) is 10.2 Å². The molecule has 1 unspecified atom stereocenters. The smallest absolute Gasteiger partial charge is 0.0597 e. The summed E-state index contributed by atoms with van der Waals surface area (Å²) in [5.41, 5.74) is 0. The second-order valence-electron chi connectivity index (χ2n) is 7.07. The maximum atomic E-state index is 6.08. The summed E-state index contributed by atoms with van der Waals surface area (Å²) in [5, 5.41) is 3.70. The Bertz CT molecular complexity index is 251. The van der Waals surface area contributed by atoms with E-state index in [1.807, 2.05) is 0 Å². The molecule has 118 valence electrons. The minimum atomic E-state index is 0.556. The van der Waals surface area contributed by atoms with Crippen LogP contribution in [0.4, 0.5) is 0 Å². The number of hydrogen-bond acceptors (Lipinski definition) is 3. The predicted octanol–water partition coefficient (Wildman–Crippen LogP) is 3.05. The second kappa shape index (κ2) is 9.01. The monoisotopic (exact) mass is 282 g/mol. The normalized spacial score (nSPS) is 26.9. The van der Waals surface area contributed by atoms with Crippen LogP contribution in [0.5, 0.6) is 0 Å². The molecule has 3 nitrogen and oxygen atoms in total. The first-order valence-corrected chi connectivity index (χ1v) is 8.81. The molecular formula is C17H34N2O. The van der Waals surface area contributed by atoms with E-state index in [0.717, 1.165) is 19.1 Å². The molecule has 1 atom stereocenters. The lowest BCUT2D eigenvalue weighted by atomic mass is 9.98. The van der Waals surface area contributed by atoms with Gasteiger partial charge in [-0.15, -0.1) is 0 Å². The average Bonchev–Trinajstić information content (AvgIpc) is 2.65. The molecule has 2 fully saturated rings. The van der Waals surface area contributed by atoms with Crippen LogP contribution in [-0.4, -0.2) is 49.8 Å². The quantitative estimate of drug-likeness (QED) is 0.810. The van der Waals surface area contributed by atoms with E-state index >= 15 is 0 Å². The van der Waals surface area contributed by atoms with E-state index in [-0.39, 0.29) is 0 Å². The van der Waals surface area contributed by atoms with E-state index in [1.165, 1.54) is 64.6 Å². The van der Waals surface area contributed by atoms with Crippen LogP contribution in [0.1, 0.15) is 58.8 Å². The van der Waals surface area contributed by atoms with Gasteiger partial charge < -0.3 is 10.1 Å². The molecular weight excluding hydrogens is 248 g/mol. The van der Waals surface area contributed by atoms with Crippen LogP contribution in [0.2, 0.25) is 0 Å². The zero-order valence-corrected chi connectivity index (χ0v) is 13.6. The summed E-state index contributed by atoms with van der Waals surface area (Å²) in [6.45, 7) is 10.3. The van der Waals surface area contributed by atoms with Crippen LogP contribution >= 0.6 is 0 Å². The molecule has 20 heavy (non-hydrogen) atoms. The zero-order valence-electron chi connectivity index (χ0n) is 13.6. The van der Waals surface area contributed by atoms with Crippen molar-refractivity contribution in [3.8, 4) is 0 Å². The van der Waals surface area contributed by atoms with Gasteiger partial charge in [0.15, 0.2) is 0 Å².